The Bertz CT molecular complexity index is 874. The maximum atomic E-state index is 13.1. The molecule has 3 rings (SSSR count). The van der Waals surface area contributed by atoms with E-state index in [4.69, 9.17) is 4.42 Å². The molecule has 0 aliphatic carbocycles. The zero-order valence-electron chi connectivity index (χ0n) is 13.5. The van der Waals surface area contributed by atoms with Gasteiger partial charge in [-0.2, -0.15) is 5.10 Å². The minimum atomic E-state index is -0.278. The minimum Gasteiger partial charge on any atom is -0.463 e. The first-order chi connectivity index (χ1) is 11.6. The van der Waals surface area contributed by atoms with Crippen molar-refractivity contribution in [1.29, 1.82) is 0 Å². The number of furan rings is 1. The minimum absolute atomic E-state index is 0.278. The van der Waals surface area contributed by atoms with Gasteiger partial charge < -0.3 is 4.42 Å². The maximum absolute atomic E-state index is 13.1. The van der Waals surface area contributed by atoms with Crippen molar-refractivity contribution in [3.8, 4) is 11.5 Å². The lowest BCUT2D eigenvalue weighted by molar-refractivity contribution is 0.575. The van der Waals surface area contributed by atoms with Crippen molar-refractivity contribution < 1.29 is 8.81 Å². The Morgan fingerprint density at radius 3 is 2.71 bits per heavy atom. The van der Waals surface area contributed by atoms with E-state index in [-0.39, 0.29) is 5.82 Å². The monoisotopic (exact) mass is 343 g/mol. The number of thiazole rings is 1. The molecule has 2 heterocycles. The van der Waals surface area contributed by atoms with Crippen LogP contribution in [0.15, 0.2) is 62.6 Å². The molecule has 0 aliphatic heterocycles. The summed E-state index contributed by atoms with van der Waals surface area (Å²) in [6.07, 6.45) is 4.38. The first-order valence-electron chi connectivity index (χ1n) is 7.71. The molecular weight excluding hydrogens is 325 g/mol. The fourth-order valence-electron chi connectivity index (χ4n) is 2.05. The van der Waals surface area contributed by atoms with Crippen LogP contribution in [-0.2, 0) is 0 Å². The third-order valence-corrected chi connectivity index (χ3v) is 4.10. The summed E-state index contributed by atoms with van der Waals surface area (Å²) in [5, 5.41) is 6.50. The van der Waals surface area contributed by atoms with Crippen LogP contribution in [-0.4, -0.2) is 10.9 Å². The number of hydrogen-bond donors (Lipinski definition) is 0. The molecule has 0 saturated carbocycles. The molecule has 0 spiro atoms. The lowest BCUT2D eigenvalue weighted by Gasteiger charge is -2.01. The summed E-state index contributed by atoms with van der Waals surface area (Å²) in [6.45, 7) is 4.28. The first kappa shape index (κ1) is 16.4. The van der Waals surface area contributed by atoms with Crippen LogP contribution >= 0.6 is 11.3 Å². The summed E-state index contributed by atoms with van der Waals surface area (Å²) >= 11 is 1.46. The molecule has 3 aromatic rings. The lowest BCUT2D eigenvalue weighted by Crippen LogP contribution is -2.11. The molecule has 0 unspecified atom stereocenters. The van der Waals surface area contributed by atoms with Gasteiger partial charge in [0.15, 0.2) is 5.76 Å². The highest BCUT2D eigenvalue weighted by molar-refractivity contribution is 7.07. The molecule has 0 amide bonds. The summed E-state index contributed by atoms with van der Waals surface area (Å²) in [6, 6.07) is 9.80. The average Bonchev–Trinajstić information content (AvgIpc) is 3.19. The molecule has 1 aromatic carbocycles. The smallest absolute Gasteiger partial charge is 0.211 e. The molecule has 0 radical (unpaired) electrons. The van der Waals surface area contributed by atoms with Crippen LogP contribution in [0.5, 0.6) is 0 Å². The highest BCUT2D eigenvalue weighted by Gasteiger charge is 2.09. The summed E-state index contributed by atoms with van der Waals surface area (Å²) in [5.41, 5.74) is 1.52. The van der Waals surface area contributed by atoms with Crippen LogP contribution in [0.4, 0.5) is 10.1 Å². The van der Waals surface area contributed by atoms with E-state index in [9.17, 15) is 4.39 Å². The largest absolute Gasteiger partial charge is 0.463 e. The van der Waals surface area contributed by atoms with Gasteiger partial charge in [-0.15, -0.1) is 11.3 Å². The molecule has 6 heteroatoms. The Balaban J connectivity index is 2.05. The van der Waals surface area contributed by atoms with Crippen LogP contribution in [0.3, 0.4) is 0 Å². The van der Waals surface area contributed by atoms with Crippen molar-refractivity contribution in [2.45, 2.75) is 20.3 Å². The zero-order valence-corrected chi connectivity index (χ0v) is 14.3. The fraction of sp³-hybridized carbons (Fsp3) is 0.222. The fourth-order valence-corrected chi connectivity index (χ4v) is 2.89. The molecule has 0 N–H and O–H groups in total. The van der Waals surface area contributed by atoms with Gasteiger partial charge >= 0.3 is 0 Å². The van der Waals surface area contributed by atoms with Crippen molar-refractivity contribution >= 4 is 23.2 Å². The number of hydrogen-bond acceptors (Lipinski definition) is 4. The van der Waals surface area contributed by atoms with E-state index >= 15 is 0 Å². The van der Waals surface area contributed by atoms with Gasteiger partial charge in [-0.1, -0.05) is 13.8 Å². The summed E-state index contributed by atoms with van der Waals surface area (Å²) in [4.78, 5) is 5.27. The predicted molar refractivity (Wildman–Crippen MR) is 95.0 cm³/mol. The molecule has 0 aliphatic rings. The number of halogens is 1. The van der Waals surface area contributed by atoms with E-state index in [2.05, 4.69) is 23.9 Å². The Labute approximate surface area is 143 Å². The first-order valence-corrected chi connectivity index (χ1v) is 8.59. The van der Waals surface area contributed by atoms with E-state index < -0.39 is 0 Å². The second-order valence-electron chi connectivity index (χ2n) is 5.71. The van der Waals surface area contributed by atoms with E-state index in [1.54, 1.807) is 23.1 Å². The second-order valence-corrected chi connectivity index (χ2v) is 6.54. The molecule has 0 fully saturated rings. The standard InChI is InChI=1S/C18H18FN3OS/c1-13(2)9-10-20-22-16(17-4-3-11-23-17)12-24-18(22)21-15-7-5-14(19)6-8-15/h3-8,10-13H,9H2,1-2H3. The van der Waals surface area contributed by atoms with Gasteiger partial charge in [0.25, 0.3) is 0 Å². The lowest BCUT2D eigenvalue weighted by atomic mass is 10.2. The second kappa shape index (κ2) is 7.40. The third-order valence-electron chi connectivity index (χ3n) is 3.28. The van der Waals surface area contributed by atoms with Gasteiger partial charge in [-0.05, 0) is 48.7 Å². The molecule has 124 valence electrons. The number of aromatic nitrogens is 1. The Hall–Kier alpha value is -2.47. The quantitative estimate of drug-likeness (QED) is 0.597. The van der Waals surface area contributed by atoms with E-state index in [0.29, 0.717) is 16.4 Å². The Morgan fingerprint density at radius 1 is 1.25 bits per heavy atom. The summed E-state index contributed by atoms with van der Waals surface area (Å²) in [7, 11) is 0. The van der Waals surface area contributed by atoms with Crippen molar-refractivity contribution in [3.05, 3.63) is 58.7 Å². The molecule has 4 nitrogen and oxygen atoms in total. The van der Waals surface area contributed by atoms with Crippen LogP contribution in [0.1, 0.15) is 20.3 Å². The van der Waals surface area contributed by atoms with E-state index in [1.807, 2.05) is 23.7 Å². The molecule has 0 atom stereocenters. The molecule has 2 aromatic heterocycles. The molecule has 0 bridgehead atoms. The molecule has 0 saturated heterocycles. The van der Waals surface area contributed by atoms with Gasteiger partial charge in [0.2, 0.25) is 4.80 Å². The summed E-state index contributed by atoms with van der Waals surface area (Å²) in [5.74, 6) is 0.977. The Morgan fingerprint density at radius 2 is 2.04 bits per heavy atom. The highest BCUT2D eigenvalue weighted by atomic mass is 32.1. The van der Waals surface area contributed by atoms with Gasteiger partial charge in [-0.3, -0.25) is 0 Å². The van der Waals surface area contributed by atoms with Gasteiger partial charge in [0, 0.05) is 11.6 Å². The van der Waals surface area contributed by atoms with Crippen molar-refractivity contribution in [2.75, 3.05) is 0 Å². The number of rotatable bonds is 5. The van der Waals surface area contributed by atoms with E-state index in [1.165, 1.54) is 23.5 Å². The van der Waals surface area contributed by atoms with Crippen LogP contribution in [0.2, 0.25) is 0 Å². The molecule has 24 heavy (non-hydrogen) atoms. The van der Waals surface area contributed by atoms with Gasteiger partial charge in [0.05, 0.1) is 12.0 Å². The number of benzene rings is 1. The topological polar surface area (TPSA) is 42.8 Å². The summed E-state index contributed by atoms with van der Waals surface area (Å²) < 4.78 is 20.3. The molecular formula is C18H18FN3OS. The third kappa shape index (κ3) is 3.89. The SMILES string of the molecule is CC(C)CC=Nn1c(-c2ccco2)csc1=Nc1ccc(F)cc1. The van der Waals surface area contributed by atoms with Crippen LogP contribution < -0.4 is 4.80 Å². The van der Waals surface area contributed by atoms with Crippen molar-refractivity contribution in [3.63, 3.8) is 0 Å². The Kier molecular flexibility index (Phi) is 5.05. The predicted octanol–water partition coefficient (Wildman–Crippen LogP) is 5.06. The van der Waals surface area contributed by atoms with Gasteiger partial charge in [-0.25, -0.2) is 14.1 Å². The zero-order chi connectivity index (χ0) is 16.9. The highest BCUT2D eigenvalue weighted by Crippen LogP contribution is 2.21. The number of nitrogens with zero attached hydrogens (tertiary/aromatic N) is 3. The van der Waals surface area contributed by atoms with Crippen LogP contribution in [0.25, 0.3) is 11.5 Å². The van der Waals surface area contributed by atoms with Crippen molar-refractivity contribution in [2.24, 2.45) is 16.0 Å². The van der Waals surface area contributed by atoms with Crippen LogP contribution in [0, 0.1) is 11.7 Å². The average molecular weight is 343 g/mol. The van der Waals surface area contributed by atoms with E-state index in [0.717, 1.165) is 17.9 Å². The normalized spacial score (nSPS) is 12.6. The van der Waals surface area contributed by atoms with Gasteiger partial charge in [0.1, 0.15) is 11.5 Å². The van der Waals surface area contributed by atoms with Crippen molar-refractivity contribution in [1.82, 2.24) is 4.68 Å². The maximum Gasteiger partial charge on any atom is 0.211 e.